The smallest absolute Gasteiger partial charge is 0.407 e. The summed E-state index contributed by atoms with van der Waals surface area (Å²) in [6.07, 6.45) is 1.94. The molecule has 1 aliphatic heterocycles. The Morgan fingerprint density at radius 3 is 2.55 bits per heavy atom. The van der Waals surface area contributed by atoms with Crippen LogP contribution in [0.3, 0.4) is 0 Å². The van der Waals surface area contributed by atoms with Gasteiger partial charge in [0.1, 0.15) is 24.2 Å². The fourth-order valence-corrected chi connectivity index (χ4v) is 3.84. The maximum Gasteiger partial charge on any atom is 0.407 e. The molecule has 1 fully saturated rings. The van der Waals surface area contributed by atoms with Crippen molar-refractivity contribution in [3.05, 3.63) is 48.2 Å². The summed E-state index contributed by atoms with van der Waals surface area (Å²) in [7, 11) is 1.63. The number of aromatic nitrogens is 1. The Morgan fingerprint density at radius 2 is 1.94 bits per heavy atom. The fraction of sp³-hybridized carbons (Fsp3) is 0.500. The van der Waals surface area contributed by atoms with E-state index in [1.165, 1.54) is 4.90 Å². The highest BCUT2D eigenvalue weighted by atomic mass is 16.5. The number of likely N-dealkylation sites (tertiary alicyclic amines) is 1. The number of piperidine rings is 1. The average Bonchev–Trinajstić information content (AvgIpc) is 2.73. The van der Waals surface area contributed by atoms with Crippen LogP contribution in [0.15, 0.2) is 42.6 Å². The zero-order chi connectivity index (χ0) is 22.6. The lowest BCUT2D eigenvalue weighted by Crippen LogP contribution is -2.62. The van der Waals surface area contributed by atoms with Crippen molar-refractivity contribution in [2.24, 2.45) is 5.41 Å². The zero-order valence-electron chi connectivity index (χ0n) is 18.9. The second-order valence-corrected chi connectivity index (χ2v) is 9.16. The summed E-state index contributed by atoms with van der Waals surface area (Å²) in [6.45, 7) is 8.97. The highest BCUT2D eigenvalue weighted by Gasteiger charge is 2.48. The molecule has 2 heterocycles. The van der Waals surface area contributed by atoms with E-state index in [2.05, 4.69) is 25.8 Å². The Labute approximate surface area is 184 Å². The van der Waals surface area contributed by atoms with Gasteiger partial charge in [0.15, 0.2) is 0 Å². The number of nitrogens with zero attached hydrogens (tertiary/aromatic N) is 2. The van der Waals surface area contributed by atoms with Gasteiger partial charge in [-0.15, -0.1) is 0 Å². The first-order valence-corrected chi connectivity index (χ1v) is 10.5. The summed E-state index contributed by atoms with van der Waals surface area (Å²) in [5.74, 6) is 1.88. The second-order valence-electron chi connectivity index (χ2n) is 9.16. The summed E-state index contributed by atoms with van der Waals surface area (Å²) in [5.41, 5.74) is 0.394. The number of methoxy groups -OCH3 is 1. The Balaban J connectivity index is 1.63. The van der Waals surface area contributed by atoms with Crippen molar-refractivity contribution in [2.75, 3.05) is 13.7 Å². The highest BCUT2D eigenvalue weighted by Crippen LogP contribution is 2.42. The summed E-state index contributed by atoms with van der Waals surface area (Å²) in [4.78, 5) is 17.8. The van der Waals surface area contributed by atoms with Gasteiger partial charge in [0.25, 0.3) is 0 Å². The molecule has 3 rings (SSSR count). The molecule has 1 N–H and O–H groups in total. The minimum absolute atomic E-state index is 0.177. The molecule has 0 bridgehead atoms. The molecule has 1 saturated heterocycles. The molecule has 7 nitrogen and oxygen atoms in total. The molecule has 1 aromatic heterocycles. The number of rotatable bonds is 6. The Hall–Kier alpha value is -2.96. The van der Waals surface area contributed by atoms with Crippen LogP contribution in [-0.4, -0.2) is 46.4 Å². The summed E-state index contributed by atoms with van der Waals surface area (Å²) < 4.78 is 17.1. The minimum atomic E-state index is -0.921. The first-order chi connectivity index (χ1) is 14.6. The lowest BCUT2D eigenvalue weighted by atomic mass is 9.69. The van der Waals surface area contributed by atoms with Gasteiger partial charge in [0.2, 0.25) is 5.88 Å². The summed E-state index contributed by atoms with van der Waals surface area (Å²) >= 11 is 0. The average molecular weight is 429 g/mol. The van der Waals surface area contributed by atoms with E-state index in [1.54, 1.807) is 25.4 Å². The minimum Gasteiger partial charge on any atom is -0.497 e. The Morgan fingerprint density at radius 1 is 1.23 bits per heavy atom. The second kappa shape index (κ2) is 9.04. The molecule has 1 amide bonds. The van der Waals surface area contributed by atoms with E-state index in [4.69, 9.17) is 14.2 Å². The van der Waals surface area contributed by atoms with Crippen molar-refractivity contribution in [3.8, 4) is 17.4 Å². The van der Waals surface area contributed by atoms with Gasteiger partial charge >= 0.3 is 6.09 Å². The van der Waals surface area contributed by atoms with E-state index in [1.807, 2.05) is 31.2 Å². The molecule has 0 saturated carbocycles. The standard InChI is InChI=1S/C24H32N2O5/c1-23(2,3)24(4)12-10-20(15-26(24)22(27)28)31-21-14-19(11-13-25-21)30-16-17-6-8-18(29-5)9-7-17/h6-9,11,13-14,20H,10,12,15-16H2,1-5H3,(H,27,28)/t20-,24-/m1/s1. The lowest BCUT2D eigenvalue weighted by Gasteiger charge is -2.53. The van der Waals surface area contributed by atoms with Gasteiger partial charge in [0, 0.05) is 17.8 Å². The van der Waals surface area contributed by atoms with E-state index >= 15 is 0 Å². The van der Waals surface area contributed by atoms with Gasteiger partial charge in [-0.2, -0.15) is 0 Å². The van der Waals surface area contributed by atoms with Crippen molar-refractivity contribution < 1.29 is 24.1 Å². The van der Waals surface area contributed by atoms with Crippen LogP contribution >= 0.6 is 0 Å². The van der Waals surface area contributed by atoms with Gasteiger partial charge < -0.3 is 19.3 Å². The fourth-order valence-electron chi connectivity index (χ4n) is 3.84. The molecule has 1 aliphatic rings. The van der Waals surface area contributed by atoms with Crippen molar-refractivity contribution in [2.45, 2.75) is 58.8 Å². The monoisotopic (exact) mass is 428 g/mol. The number of pyridine rings is 1. The van der Waals surface area contributed by atoms with Gasteiger partial charge in [-0.25, -0.2) is 9.78 Å². The van der Waals surface area contributed by atoms with E-state index in [9.17, 15) is 9.90 Å². The van der Waals surface area contributed by atoms with Gasteiger partial charge in [0.05, 0.1) is 13.7 Å². The molecule has 0 spiro atoms. The first kappa shape index (κ1) is 22.7. The lowest BCUT2D eigenvalue weighted by molar-refractivity contribution is -0.0474. The number of hydrogen-bond donors (Lipinski definition) is 1. The Bertz CT molecular complexity index is 894. The zero-order valence-corrected chi connectivity index (χ0v) is 18.9. The molecule has 2 aromatic rings. The number of benzene rings is 1. The summed E-state index contributed by atoms with van der Waals surface area (Å²) in [6, 6.07) is 11.2. The van der Waals surface area contributed by atoms with E-state index in [-0.39, 0.29) is 11.5 Å². The first-order valence-electron chi connectivity index (χ1n) is 10.5. The molecule has 168 valence electrons. The maximum atomic E-state index is 12.0. The number of amides is 1. The molecule has 1 aromatic carbocycles. The molecule has 0 aliphatic carbocycles. The number of hydrogen-bond acceptors (Lipinski definition) is 5. The normalized spacial score (nSPS) is 21.5. The predicted molar refractivity (Wildman–Crippen MR) is 118 cm³/mol. The highest BCUT2D eigenvalue weighted by molar-refractivity contribution is 5.66. The van der Waals surface area contributed by atoms with Crippen LogP contribution in [0.5, 0.6) is 17.4 Å². The SMILES string of the molecule is COc1ccc(COc2ccnc(O[C@@H]3CC[C@](C)(C(C)(C)C)N(C(=O)O)C3)c2)cc1. The third-order valence-corrected chi connectivity index (χ3v) is 6.34. The van der Waals surface area contributed by atoms with Crippen LogP contribution in [0, 0.1) is 5.41 Å². The van der Waals surface area contributed by atoms with Gasteiger partial charge in [-0.1, -0.05) is 32.9 Å². The van der Waals surface area contributed by atoms with Crippen molar-refractivity contribution in [1.29, 1.82) is 0 Å². The molecule has 2 atom stereocenters. The largest absolute Gasteiger partial charge is 0.497 e. The third kappa shape index (κ3) is 5.21. The van der Waals surface area contributed by atoms with Gasteiger partial charge in [-0.3, -0.25) is 4.90 Å². The number of carbonyl (C=O) groups is 1. The molecule has 7 heteroatoms. The quantitative estimate of drug-likeness (QED) is 0.698. The number of carboxylic acid groups (broad SMARTS) is 1. The van der Waals surface area contributed by atoms with E-state index in [0.717, 1.165) is 24.2 Å². The Kier molecular flexibility index (Phi) is 6.62. The van der Waals surface area contributed by atoms with Gasteiger partial charge in [-0.05, 0) is 48.9 Å². The van der Waals surface area contributed by atoms with Crippen LogP contribution in [0.4, 0.5) is 4.79 Å². The van der Waals surface area contributed by atoms with Crippen molar-refractivity contribution in [1.82, 2.24) is 9.88 Å². The van der Waals surface area contributed by atoms with Crippen molar-refractivity contribution >= 4 is 6.09 Å². The predicted octanol–water partition coefficient (Wildman–Crippen LogP) is 5.00. The molecule has 31 heavy (non-hydrogen) atoms. The van der Waals surface area contributed by atoms with Crippen molar-refractivity contribution in [3.63, 3.8) is 0 Å². The van der Waals surface area contributed by atoms with Crippen LogP contribution in [0.25, 0.3) is 0 Å². The topological polar surface area (TPSA) is 81.1 Å². The molecular formula is C24H32N2O5. The van der Waals surface area contributed by atoms with Crippen LogP contribution < -0.4 is 14.2 Å². The van der Waals surface area contributed by atoms with Crippen LogP contribution in [0.1, 0.15) is 46.1 Å². The van der Waals surface area contributed by atoms with E-state index < -0.39 is 11.6 Å². The van der Waals surface area contributed by atoms with Crippen LogP contribution in [-0.2, 0) is 6.61 Å². The van der Waals surface area contributed by atoms with Crippen LogP contribution in [0.2, 0.25) is 0 Å². The molecule has 0 unspecified atom stereocenters. The van der Waals surface area contributed by atoms with E-state index in [0.29, 0.717) is 24.8 Å². The third-order valence-electron chi connectivity index (χ3n) is 6.34. The maximum absolute atomic E-state index is 12.0. The summed E-state index contributed by atoms with van der Waals surface area (Å²) in [5, 5.41) is 9.80. The molecular weight excluding hydrogens is 396 g/mol. The molecule has 0 radical (unpaired) electrons. The number of ether oxygens (including phenoxy) is 3.